The molecule has 1 heterocycles. The average Bonchev–Trinajstić information content (AvgIpc) is 2.41. The number of terminal acetylenes is 1. The molecule has 1 rings (SSSR count). The van der Waals surface area contributed by atoms with Crippen molar-refractivity contribution >= 4 is 11.9 Å². The van der Waals surface area contributed by atoms with E-state index in [1.54, 1.807) is 0 Å². The highest BCUT2D eigenvalue weighted by Crippen LogP contribution is 2.27. The first-order valence-corrected chi connectivity index (χ1v) is 6.24. The van der Waals surface area contributed by atoms with Gasteiger partial charge in [0, 0.05) is 13.8 Å². The van der Waals surface area contributed by atoms with Gasteiger partial charge >= 0.3 is 11.9 Å². The van der Waals surface area contributed by atoms with Crippen LogP contribution in [-0.2, 0) is 28.5 Å². The molecule has 0 radical (unpaired) electrons. The number of esters is 2. The number of carbonyl (C=O) groups is 2. The monoisotopic (exact) mass is 302 g/mol. The Morgan fingerprint density at radius 2 is 1.81 bits per heavy atom. The third kappa shape index (κ3) is 4.68. The first-order valence-electron chi connectivity index (χ1n) is 6.24. The Labute approximate surface area is 121 Å². The van der Waals surface area contributed by atoms with Crippen molar-refractivity contribution in [2.75, 3.05) is 13.2 Å². The van der Waals surface area contributed by atoms with Crippen LogP contribution in [0.25, 0.3) is 0 Å². The normalized spacial score (nSPS) is 32.0. The van der Waals surface area contributed by atoms with Crippen molar-refractivity contribution in [2.24, 2.45) is 0 Å². The highest BCUT2D eigenvalue weighted by molar-refractivity contribution is 5.67. The summed E-state index contributed by atoms with van der Waals surface area (Å²) in [5.74, 6) is 0.848. The van der Waals surface area contributed by atoms with Crippen molar-refractivity contribution in [2.45, 2.75) is 44.6 Å². The van der Waals surface area contributed by atoms with E-state index in [4.69, 9.17) is 25.4 Å². The van der Waals surface area contributed by atoms with Gasteiger partial charge in [-0.3, -0.25) is 9.59 Å². The van der Waals surface area contributed by atoms with Crippen LogP contribution in [0.4, 0.5) is 0 Å². The van der Waals surface area contributed by atoms with E-state index in [-0.39, 0.29) is 6.61 Å². The maximum absolute atomic E-state index is 11.2. The third-order valence-electron chi connectivity index (χ3n) is 2.73. The van der Waals surface area contributed by atoms with Gasteiger partial charge in [-0.15, -0.1) is 6.42 Å². The van der Waals surface area contributed by atoms with Gasteiger partial charge in [0.15, 0.2) is 18.5 Å². The number of aliphatic hydroxyl groups excluding tert-OH is 2. The molecule has 1 aliphatic rings. The molecule has 0 aromatic carbocycles. The zero-order chi connectivity index (χ0) is 16.0. The van der Waals surface area contributed by atoms with Crippen LogP contribution in [0.2, 0.25) is 0 Å². The standard InChI is InChI=1S/C13H18O8/c1-4-5-18-13-12(20-8(3)16)11(19-7(2)15)10(17)9(6-14)21-13/h1,9-14,17H,5-6H2,2-3H3/t9-,10-,11+,12-,13-/m1/s1. The number of rotatable bonds is 5. The second-order valence-electron chi connectivity index (χ2n) is 4.38. The lowest BCUT2D eigenvalue weighted by Crippen LogP contribution is -2.61. The fourth-order valence-corrected chi connectivity index (χ4v) is 1.95. The summed E-state index contributed by atoms with van der Waals surface area (Å²) in [6.07, 6.45) is -0.971. The van der Waals surface area contributed by atoms with Crippen molar-refractivity contribution in [3.63, 3.8) is 0 Å². The van der Waals surface area contributed by atoms with Crippen LogP contribution >= 0.6 is 0 Å². The molecule has 1 fully saturated rings. The molecular weight excluding hydrogens is 284 g/mol. The quantitative estimate of drug-likeness (QED) is 0.470. The minimum absolute atomic E-state index is 0.149. The van der Waals surface area contributed by atoms with E-state index >= 15 is 0 Å². The van der Waals surface area contributed by atoms with E-state index in [1.165, 1.54) is 0 Å². The SMILES string of the molecule is C#CCO[C@@H]1O[C@H](CO)[C@@H](O)[C@H](OC(C)=O)[C@H]1OC(C)=O. The van der Waals surface area contributed by atoms with Crippen molar-refractivity contribution in [1.82, 2.24) is 0 Å². The van der Waals surface area contributed by atoms with E-state index in [0.29, 0.717) is 0 Å². The van der Waals surface area contributed by atoms with Gasteiger partial charge in [-0.25, -0.2) is 0 Å². The minimum atomic E-state index is -1.38. The second kappa shape index (κ2) is 7.95. The van der Waals surface area contributed by atoms with Crippen LogP contribution in [0, 0.1) is 12.3 Å². The Kier molecular flexibility index (Phi) is 6.58. The number of hydrogen-bond acceptors (Lipinski definition) is 8. The predicted molar refractivity (Wildman–Crippen MR) is 67.6 cm³/mol. The van der Waals surface area contributed by atoms with Crippen LogP contribution in [-0.4, -0.2) is 66.1 Å². The lowest BCUT2D eigenvalue weighted by molar-refractivity contribution is -0.303. The largest absolute Gasteiger partial charge is 0.455 e. The molecule has 1 aliphatic heterocycles. The summed E-state index contributed by atoms with van der Waals surface area (Å²) < 4.78 is 20.4. The maximum atomic E-state index is 11.2. The van der Waals surface area contributed by atoms with Gasteiger partial charge in [-0.2, -0.15) is 0 Å². The number of ether oxygens (including phenoxy) is 4. The Balaban J connectivity index is 3.00. The molecule has 2 N–H and O–H groups in total. The van der Waals surface area contributed by atoms with Gasteiger partial charge in [0.25, 0.3) is 0 Å². The second-order valence-corrected chi connectivity index (χ2v) is 4.38. The third-order valence-corrected chi connectivity index (χ3v) is 2.73. The van der Waals surface area contributed by atoms with Gasteiger partial charge in [-0.05, 0) is 0 Å². The number of carbonyl (C=O) groups excluding carboxylic acids is 2. The lowest BCUT2D eigenvalue weighted by Gasteiger charge is -2.42. The first-order chi connectivity index (χ1) is 9.90. The van der Waals surface area contributed by atoms with Gasteiger partial charge in [-0.1, -0.05) is 5.92 Å². The molecule has 0 aromatic rings. The fourth-order valence-electron chi connectivity index (χ4n) is 1.95. The first kappa shape index (κ1) is 17.4. The summed E-state index contributed by atoms with van der Waals surface area (Å²) in [5.41, 5.74) is 0. The van der Waals surface area contributed by atoms with Crippen molar-refractivity contribution in [3.8, 4) is 12.3 Å². The molecule has 5 atom stereocenters. The van der Waals surface area contributed by atoms with E-state index in [1.807, 2.05) is 0 Å². The molecule has 0 unspecified atom stereocenters. The number of hydrogen-bond donors (Lipinski definition) is 2. The minimum Gasteiger partial charge on any atom is -0.455 e. The number of aliphatic hydroxyl groups is 2. The van der Waals surface area contributed by atoms with Crippen LogP contribution in [0.15, 0.2) is 0 Å². The molecule has 0 spiro atoms. The molecule has 0 saturated carbocycles. The summed E-state index contributed by atoms with van der Waals surface area (Å²) >= 11 is 0. The smallest absolute Gasteiger partial charge is 0.303 e. The van der Waals surface area contributed by atoms with Crippen molar-refractivity contribution in [3.05, 3.63) is 0 Å². The summed E-state index contributed by atoms with van der Waals surface area (Å²) in [7, 11) is 0. The zero-order valence-corrected chi connectivity index (χ0v) is 11.7. The Hall–Kier alpha value is -1.66. The molecule has 8 nitrogen and oxygen atoms in total. The van der Waals surface area contributed by atoms with Crippen LogP contribution in [0.3, 0.4) is 0 Å². The van der Waals surface area contributed by atoms with Crippen molar-refractivity contribution in [1.29, 1.82) is 0 Å². The van der Waals surface area contributed by atoms with Gasteiger partial charge < -0.3 is 29.2 Å². The average molecular weight is 302 g/mol. The Morgan fingerprint density at radius 3 is 2.29 bits per heavy atom. The van der Waals surface area contributed by atoms with Crippen LogP contribution in [0.5, 0.6) is 0 Å². The van der Waals surface area contributed by atoms with E-state index < -0.39 is 49.3 Å². The van der Waals surface area contributed by atoms with Crippen LogP contribution < -0.4 is 0 Å². The van der Waals surface area contributed by atoms with Gasteiger partial charge in [0.1, 0.15) is 18.8 Å². The van der Waals surface area contributed by atoms with Crippen molar-refractivity contribution < 1.29 is 38.7 Å². The fraction of sp³-hybridized carbons (Fsp3) is 0.692. The topological polar surface area (TPSA) is 112 Å². The molecule has 118 valence electrons. The summed E-state index contributed by atoms with van der Waals surface area (Å²) in [4.78, 5) is 22.3. The summed E-state index contributed by atoms with van der Waals surface area (Å²) in [6.45, 7) is 1.59. The zero-order valence-electron chi connectivity index (χ0n) is 11.7. The highest BCUT2D eigenvalue weighted by atomic mass is 16.7. The molecule has 0 aliphatic carbocycles. The Morgan fingerprint density at radius 1 is 1.24 bits per heavy atom. The highest BCUT2D eigenvalue weighted by Gasteiger charge is 2.49. The predicted octanol–water partition coefficient (Wildman–Crippen LogP) is -1.42. The molecule has 1 saturated heterocycles. The van der Waals surface area contributed by atoms with E-state index in [2.05, 4.69) is 5.92 Å². The molecule has 21 heavy (non-hydrogen) atoms. The molecule has 0 aromatic heterocycles. The summed E-state index contributed by atoms with van der Waals surface area (Å²) in [5, 5.41) is 19.3. The van der Waals surface area contributed by atoms with Gasteiger partial charge in [0.2, 0.25) is 0 Å². The molecule has 0 bridgehead atoms. The van der Waals surface area contributed by atoms with E-state index in [0.717, 1.165) is 13.8 Å². The van der Waals surface area contributed by atoms with E-state index in [9.17, 15) is 19.8 Å². The molecule has 8 heteroatoms. The summed E-state index contributed by atoms with van der Waals surface area (Å²) in [6, 6.07) is 0. The van der Waals surface area contributed by atoms with Gasteiger partial charge in [0.05, 0.1) is 6.61 Å². The molecule has 0 amide bonds. The molecular formula is C13H18O8. The lowest BCUT2D eigenvalue weighted by atomic mass is 9.98. The van der Waals surface area contributed by atoms with Crippen LogP contribution in [0.1, 0.15) is 13.8 Å². The maximum Gasteiger partial charge on any atom is 0.303 e. The Bertz CT molecular complexity index is 415.